The molecule has 0 aliphatic heterocycles. The van der Waals surface area contributed by atoms with Crippen LogP contribution in [0.4, 0.5) is 13.2 Å². The van der Waals surface area contributed by atoms with Crippen molar-refractivity contribution < 1.29 is 27.8 Å². The maximum atomic E-state index is 12.9. The van der Waals surface area contributed by atoms with Gasteiger partial charge in [-0.3, -0.25) is 9.48 Å². The molecule has 1 aromatic carbocycles. The Balaban J connectivity index is 1.62. The molecule has 1 amide bonds. The van der Waals surface area contributed by atoms with Crippen molar-refractivity contribution in [2.75, 3.05) is 6.54 Å². The van der Waals surface area contributed by atoms with E-state index in [-0.39, 0.29) is 23.8 Å². The number of nitrogens with one attached hydrogen (secondary N) is 1. The molecule has 1 aliphatic rings. The van der Waals surface area contributed by atoms with E-state index < -0.39 is 17.9 Å². The number of hydrogen-bond donors (Lipinski definition) is 2. The number of hydrogen-bond acceptors (Lipinski definition) is 6. The molecule has 0 unspecified atom stereocenters. The van der Waals surface area contributed by atoms with Crippen LogP contribution in [0.5, 0.6) is 5.75 Å². The number of rotatable bonds is 6. The summed E-state index contributed by atoms with van der Waals surface area (Å²) in [6.45, 7) is 0.108. The molecule has 180 valence electrons. The van der Waals surface area contributed by atoms with E-state index >= 15 is 0 Å². The number of aryl methyl sites for hydroxylation is 1. The summed E-state index contributed by atoms with van der Waals surface area (Å²) in [6.07, 6.45) is 2.56. The molecule has 0 atom stereocenters. The van der Waals surface area contributed by atoms with E-state index in [9.17, 15) is 23.1 Å². The van der Waals surface area contributed by atoms with Gasteiger partial charge in [0.1, 0.15) is 11.4 Å². The Kier molecular flexibility index (Phi) is 6.56. The van der Waals surface area contributed by atoms with Gasteiger partial charge in [-0.2, -0.15) is 5.10 Å². The molecule has 2 aromatic heterocycles. The number of carbonyl (C=O) groups excluding carboxylic acids is 1. The highest BCUT2D eigenvalue weighted by atomic mass is 19.4. The van der Waals surface area contributed by atoms with Gasteiger partial charge in [0.25, 0.3) is 5.91 Å². The predicted octanol–water partition coefficient (Wildman–Crippen LogP) is 3.87. The van der Waals surface area contributed by atoms with E-state index in [2.05, 4.69) is 25.1 Å². The molecule has 1 aliphatic carbocycles. The van der Waals surface area contributed by atoms with Gasteiger partial charge in [-0.25, -0.2) is 9.97 Å². The highest BCUT2D eigenvalue weighted by molar-refractivity contribution is 5.93. The van der Waals surface area contributed by atoms with Gasteiger partial charge in [0.05, 0.1) is 23.1 Å². The van der Waals surface area contributed by atoms with Crippen LogP contribution < -0.4 is 10.1 Å². The van der Waals surface area contributed by atoms with Crippen LogP contribution in [-0.2, 0) is 7.05 Å². The summed E-state index contributed by atoms with van der Waals surface area (Å²) in [5, 5.41) is 17.6. The Morgan fingerprint density at radius 1 is 1.15 bits per heavy atom. The molecule has 0 spiro atoms. The van der Waals surface area contributed by atoms with Crippen molar-refractivity contribution in [3.63, 3.8) is 0 Å². The van der Waals surface area contributed by atoms with Gasteiger partial charge in [-0.1, -0.05) is 19.3 Å². The Bertz CT molecular complexity index is 1160. The second kappa shape index (κ2) is 9.41. The SMILES string of the molecule is Cn1cc(-c2nc(C(=O)NCC3(O)CCCCC3)cc(-c3ccc(OC(F)(F)F)cc3)n2)cn1. The minimum absolute atomic E-state index is 0.0684. The standard InChI is InChI=1S/C23H24F3N5O3/c1-31-13-16(12-28-31)20-29-18(15-5-7-17(8-6-15)34-23(24,25)26)11-19(30-20)21(32)27-14-22(33)9-3-2-4-10-22/h5-8,11-13,33H,2-4,9-10,14H2,1H3,(H,27,32). The fourth-order valence-corrected chi connectivity index (χ4v) is 3.93. The van der Waals surface area contributed by atoms with Crippen molar-refractivity contribution in [3.05, 3.63) is 48.4 Å². The van der Waals surface area contributed by atoms with Gasteiger partial charge in [0.2, 0.25) is 0 Å². The van der Waals surface area contributed by atoms with Gasteiger partial charge in [-0.15, -0.1) is 13.2 Å². The van der Waals surface area contributed by atoms with E-state index in [4.69, 9.17) is 0 Å². The summed E-state index contributed by atoms with van der Waals surface area (Å²) in [6, 6.07) is 6.64. The zero-order valence-corrected chi connectivity index (χ0v) is 18.5. The average molecular weight is 475 g/mol. The molecule has 4 rings (SSSR count). The van der Waals surface area contributed by atoms with Crippen LogP contribution in [0.25, 0.3) is 22.6 Å². The van der Waals surface area contributed by atoms with E-state index in [1.165, 1.54) is 30.3 Å². The monoisotopic (exact) mass is 475 g/mol. The molecule has 34 heavy (non-hydrogen) atoms. The van der Waals surface area contributed by atoms with Crippen molar-refractivity contribution in [2.24, 2.45) is 7.05 Å². The lowest BCUT2D eigenvalue weighted by molar-refractivity contribution is -0.274. The largest absolute Gasteiger partial charge is 0.573 e. The topological polar surface area (TPSA) is 102 Å². The molecule has 2 heterocycles. The quantitative estimate of drug-likeness (QED) is 0.561. The highest BCUT2D eigenvalue weighted by Crippen LogP contribution is 2.29. The van der Waals surface area contributed by atoms with Gasteiger partial charge in [-0.05, 0) is 43.2 Å². The lowest BCUT2D eigenvalue weighted by Crippen LogP contribution is -2.44. The normalized spacial score (nSPS) is 15.7. The Labute approximate surface area is 193 Å². The molecule has 0 radical (unpaired) electrons. The summed E-state index contributed by atoms with van der Waals surface area (Å²) in [5.41, 5.74) is 0.515. The number of aromatic nitrogens is 4. The van der Waals surface area contributed by atoms with Crippen molar-refractivity contribution in [3.8, 4) is 28.4 Å². The van der Waals surface area contributed by atoms with Crippen LogP contribution in [0.1, 0.15) is 42.6 Å². The van der Waals surface area contributed by atoms with Gasteiger partial charge >= 0.3 is 6.36 Å². The van der Waals surface area contributed by atoms with E-state index in [0.29, 0.717) is 29.7 Å². The molecule has 11 heteroatoms. The molecular weight excluding hydrogens is 451 g/mol. The van der Waals surface area contributed by atoms with Crippen LogP contribution in [0.2, 0.25) is 0 Å². The highest BCUT2D eigenvalue weighted by Gasteiger charge is 2.31. The van der Waals surface area contributed by atoms with E-state index in [1.807, 2.05) is 0 Å². The first-order chi connectivity index (χ1) is 16.1. The minimum Gasteiger partial charge on any atom is -0.406 e. The zero-order valence-electron chi connectivity index (χ0n) is 18.5. The molecule has 8 nitrogen and oxygen atoms in total. The van der Waals surface area contributed by atoms with Crippen LogP contribution >= 0.6 is 0 Å². The number of benzene rings is 1. The van der Waals surface area contributed by atoms with Crippen LogP contribution in [0.15, 0.2) is 42.7 Å². The molecule has 1 saturated carbocycles. The summed E-state index contributed by atoms with van der Waals surface area (Å²) >= 11 is 0. The third-order valence-electron chi connectivity index (χ3n) is 5.67. The maximum Gasteiger partial charge on any atom is 0.573 e. The lowest BCUT2D eigenvalue weighted by Gasteiger charge is -2.32. The number of amides is 1. The van der Waals surface area contributed by atoms with Crippen molar-refractivity contribution in [1.29, 1.82) is 0 Å². The Morgan fingerprint density at radius 3 is 2.47 bits per heavy atom. The molecule has 1 fully saturated rings. The second-order valence-electron chi connectivity index (χ2n) is 8.40. The van der Waals surface area contributed by atoms with Crippen molar-refractivity contribution in [2.45, 2.75) is 44.1 Å². The zero-order chi connectivity index (χ0) is 24.3. The van der Waals surface area contributed by atoms with Gasteiger partial charge in [0, 0.05) is 25.4 Å². The van der Waals surface area contributed by atoms with E-state index in [1.54, 1.807) is 24.1 Å². The third-order valence-corrected chi connectivity index (χ3v) is 5.67. The fraction of sp³-hybridized carbons (Fsp3) is 0.391. The first-order valence-corrected chi connectivity index (χ1v) is 10.9. The van der Waals surface area contributed by atoms with Crippen molar-refractivity contribution in [1.82, 2.24) is 25.1 Å². The number of nitrogens with zero attached hydrogens (tertiary/aromatic N) is 4. The number of halogens is 3. The molecule has 2 N–H and O–H groups in total. The van der Waals surface area contributed by atoms with Crippen molar-refractivity contribution >= 4 is 5.91 Å². The summed E-state index contributed by atoms with van der Waals surface area (Å²) in [7, 11) is 1.73. The summed E-state index contributed by atoms with van der Waals surface area (Å²) in [5.74, 6) is -0.607. The molecule has 0 bridgehead atoms. The van der Waals surface area contributed by atoms with Gasteiger partial charge in [0.15, 0.2) is 5.82 Å². The second-order valence-corrected chi connectivity index (χ2v) is 8.40. The predicted molar refractivity (Wildman–Crippen MR) is 117 cm³/mol. The molecule has 3 aromatic rings. The average Bonchev–Trinajstić information content (AvgIpc) is 3.23. The van der Waals surface area contributed by atoms with Gasteiger partial charge < -0.3 is 15.2 Å². The van der Waals surface area contributed by atoms with Crippen LogP contribution in [-0.4, -0.2) is 49.3 Å². The lowest BCUT2D eigenvalue weighted by atomic mass is 9.85. The first kappa shape index (κ1) is 23.7. The number of alkyl halides is 3. The third kappa shape index (κ3) is 5.90. The summed E-state index contributed by atoms with van der Waals surface area (Å²) in [4.78, 5) is 21.8. The Hall–Kier alpha value is -3.47. The van der Waals surface area contributed by atoms with E-state index in [0.717, 1.165) is 19.3 Å². The number of aliphatic hydroxyl groups is 1. The maximum absolute atomic E-state index is 12.9. The van der Waals surface area contributed by atoms with Crippen LogP contribution in [0.3, 0.4) is 0 Å². The Morgan fingerprint density at radius 2 is 1.85 bits per heavy atom. The number of ether oxygens (including phenoxy) is 1. The number of carbonyl (C=O) groups is 1. The molecule has 0 saturated heterocycles. The summed E-state index contributed by atoms with van der Waals surface area (Å²) < 4.78 is 42.9. The smallest absolute Gasteiger partial charge is 0.406 e. The minimum atomic E-state index is -4.79. The fourth-order valence-electron chi connectivity index (χ4n) is 3.93. The first-order valence-electron chi connectivity index (χ1n) is 10.9. The van der Waals surface area contributed by atoms with Crippen LogP contribution in [0, 0.1) is 0 Å². The molecular formula is C23H24F3N5O3.